The smallest absolute Gasteiger partial charge is 0.403 e. The lowest BCUT2D eigenvalue weighted by Gasteiger charge is -2.32. The Balaban J connectivity index is 1.83. The molecule has 0 radical (unpaired) electrons. The van der Waals surface area contributed by atoms with E-state index in [-0.39, 0.29) is 18.3 Å². The number of hydrogen-bond donors (Lipinski definition) is 0. The zero-order valence-electron chi connectivity index (χ0n) is 13.6. The van der Waals surface area contributed by atoms with Crippen molar-refractivity contribution in [3.05, 3.63) is 30.1 Å². The van der Waals surface area contributed by atoms with Crippen molar-refractivity contribution in [3.63, 3.8) is 0 Å². The Morgan fingerprint density at radius 2 is 1.71 bits per heavy atom. The molecular weight excluding hydrogens is 261 g/mol. The highest BCUT2D eigenvalue weighted by Gasteiger charge is 2.55. The summed E-state index contributed by atoms with van der Waals surface area (Å²) in [5, 5.41) is 0. The molecule has 1 aromatic heterocycles. The van der Waals surface area contributed by atoms with Gasteiger partial charge in [-0.3, -0.25) is 4.98 Å². The fraction of sp³-hybridized carbons (Fsp3) is 0.706. The molecule has 0 aromatic carbocycles. The van der Waals surface area contributed by atoms with E-state index in [9.17, 15) is 0 Å². The minimum atomic E-state index is -0.246. The second kappa shape index (κ2) is 5.40. The third-order valence-corrected chi connectivity index (χ3v) is 5.51. The van der Waals surface area contributed by atoms with Gasteiger partial charge in [-0.15, -0.1) is 0 Å². The van der Waals surface area contributed by atoms with Crippen molar-refractivity contribution in [3.8, 4) is 0 Å². The molecule has 3 rings (SSSR count). The lowest BCUT2D eigenvalue weighted by Crippen LogP contribution is -2.41. The molecule has 1 aliphatic heterocycles. The standard InChI is InChI=1S/C17H26BNO2/c1-16(2)17(3,4)21-18(20-16)14-10-6-5-9-13(14)15-11-7-8-12-19-15/h7-8,11-14H,5-6,9-10H2,1-4H3/t13-,14-/m1/s1. The zero-order chi connectivity index (χ0) is 15.1. The molecule has 114 valence electrons. The molecule has 1 saturated carbocycles. The van der Waals surface area contributed by atoms with Gasteiger partial charge >= 0.3 is 7.12 Å². The first-order valence-corrected chi connectivity index (χ1v) is 8.17. The number of hydrogen-bond acceptors (Lipinski definition) is 3. The number of rotatable bonds is 2. The molecule has 1 aliphatic carbocycles. The van der Waals surface area contributed by atoms with Crippen LogP contribution in [0.1, 0.15) is 65.0 Å². The molecule has 1 aromatic rings. The predicted molar refractivity (Wildman–Crippen MR) is 85.3 cm³/mol. The van der Waals surface area contributed by atoms with E-state index in [0.29, 0.717) is 11.7 Å². The first-order chi connectivity index (χ1) is 9.91. The molecule has 2 fully saturated rings. The van der Waals surface area contributed by atoms with E-state index in [4.69, 9.17) is 9.31 Å². The number of nitrogens with zero attached hydrogens (tertiary/aromatic N) is 1. The van der Waals surface area contributed by atoms with Crippen LogP contribution in [0.15, 0.2) is 24.4 Å². The molecule has 21 heavy (non-hydrogen) atoms. The van der Waals surface area contributed by atoms with E-state index in [1.54, 1.807) is 0 Å². The van der Waals surface area contributed by atoms with Crippen LogP contribution in [-0.2, 0) is 9.31 Å². The first kappa shape index (κ1) is 15.0. The van der Waals surface area contributed by atoms with Gasteiger partial charge in [0, 0.05) is 23.6 Å². The third-order valence-electron chi connectivity index (χ3n) is 5.51. The molecule has 2 atom stereocenters. The van der Waals surface area contributed by atoms with Crippen LogP contribution < -0.4 is 0 Å². The monoisotopic (exact) mass is 287 g/mol. The van der Waals surface area contributed by atoms with Crippen molar-refractivity contribution >= 4 is 7.12 Å². The summed E-state index contributed by atoms with van der Waals surface area (Å²) in [7, 11) is -0.109. The average Bonchev–Trinajstić information content (AvgIpc) is 2.68. The quantitative estimate of drug-likeness (QED) is 0.764. The summed E-state index contributed by atoms with van der Waals surface area (Å²) in [6, 6.07) is 6.21. The Morgan fingerprint density at radius 3 is 2.33 bits per heavy atom. The third kappa shape index (κ3) is 2.76. The Morgan fingerprint density at radius 1 is 1.05 bits per heavy atom. The van der Waals surface area contributed by atoms with Gasteiger partial charge in [0.15, 0.2) is 0 Å². The van der Waals surface area contributed by atoms with Gasteiger partial charge in [-0.2, -0.15) is 0 Å². The summed E-state index contributed by atoms with van der Waals surface area (Å²) in [6.45, 7) is 8.52. The molecular formula is C17H26BNO2. The van der Waals surface area contributed by atoms with Gasteiger partial charge in [0.25, 0.3) is 0 Å². The van der Waals surface area contributed by atoms with Crippen LogP contribution in [0.5, 0.6) is 0 Å². The molecule has 0 amide bonds. The van der Waals surface area contributed by atoms with Crippen LogP contribution in [0.4, 0.5) is 0 Å². The van der Waals surface area contributed by atoms with Crippen LogP contribution in [0, 0.1) is 0 Å². The van der Waals surface area contributed by atoms with Crippen molar-refractivity contribution in [1.29, 1.82) is 0 Å². The predicted octanol–water partition coefficient (Wildman–Crippen LogP) is 4.20. The maximum absolute atomic E-state index is 6.31. The van der Waals surface area contributed by atoms with E-state index in [1.807, 2.05) is 12.3 Å². The number of aromatic nitrogens is 1. The summed E-state index contributed by atoms with van der Waals surface area (Å²) in [4.78, 5) is 4.59. The lowest BCUT2D eigenvalue weighted by molar-refractivity contribution is 0.00578. The van der Waals surface area contributed by atoms with E-state index in [2.05, 4.69) is 44.8 Å². The van der Waals surface area contributed by atoms with Gasteiger partial charge < -0.3 is 9.31 Å². The molecule has 4 heteroatoms. The van der Waals surface area contributed by atoms with Crippen LogP contribution in [0.3, 0.4) is 0 Å². The Kier molecular flexibility index (Phi) is 3.87. The molecule has 3 nitrogen and oxygen atoms in total. The first-order valence-electron chi connectivity index (χ1n) is 8.17. The molecule has 0 spiro atoms. The van der Waals surface area contributed by atoms with Crippen molar-refractivity contribution < 1.29 is 9.31 Å². The SMILES string of the molecule is CC1(C)OB([C@@H]2CCCC[C@H]2c2ccccn2)OC1(C)C. The maximum atomic E-state index is 6.31. The van der Waals surface area contributed by atoms with Crippen LogP contribution in [0.25, 0.3) is 0 Å². The average molecular weight is 287 g/mol. The fourth-order valence-electron chi connectivity index (χ4n) is 3.51. The van der Waals surface area contributed by atoms with Crippen molar-refractivity contribution in [2.45, 2.75) is 76.3 Å². The fourth-order valence-corrected chi connectivity index (χ4v) is 3.51. The minimum Gasteiger partial charge on any atom is -0.403 e. The summed E-state index contributed by atoms with van der Waals surface area (Å²) in [6.07, 6.45) is 6.78. The van der Waals surface area contributed by atoms with Crippen molar-refractivity contribution in [2.75, 3.05) is 0 Å². The molecule has 2 heterocycles. The van der Waals surface area contributed by atoms with Gasteiger partial charge in [-0.25, -0.2) is 0 Å². The van der Waals surface area contributed by atoms with E-state index in [1.165, 1.54) is 25.0 Å². The molecule has 0 unspecified atom stereocenters. The van der Waals surface area contributed by atoms with Crippen LogP contribution >= 0.6 is 0 Å². The Labute approximate surface area is 128 Å². The topological polar surface area (TPSA) is 31.4 Å². The molecule has 0 N–H and O–H groups in total. The summed E-state index contributed by atoms with van der Waals surface area (Å²) >= 11 is 0. The van der Waals surface area contributed by atoms with Crippen LogP contribution in [-0.4, -0.2) is 23.3 Å². The van der Waals surface area contributed by atoms with E-state index in [0.717, 1.165) is 6.42 Å². The lowest BCUT2D eigenvalue weighted by atomic mass is 9.58. The van der Waals surface area contributed by atoms with Crippen molar-refractivity contribution in [1.82, 2.24) is 4.98 Å². The highest BCUT2D eigenvalue weighted by Crippen LogP contribution is 2.49. The second-order valence-electron chi connectivity index (χ2n) is 7.43. The largest absolute Gasteiger partial charge is 0.461 e. The van der Waals surface area contributed by atoms with Gasteiger partial charge in [0.2, 0.25) is 0 Å². The zero-order valence-corrected chi connectivity index (χ0v) is 13.6. The Hall–Kier alpha value is -0.865. The second-order valence-corrected chi connectivity index (χ2v) is 7.43. The normalized spacial score (nSPS) is 31.3. The molecule has 2 aliphatic rings. The van der Waals surface area contributed by atoms with Gasteiger partial charge in [0.1, 0.15) is 0 Å². The minimum absolute atomic E-state index is 0.109. The summed E-state index contributed by atoms with van der Waals surface area (Å²) in [5.41, 5.74) is 0.699. The Bertz CT molecular complexity index is 473. The summed E-state index contributed by atoms with van der Waals surface area (Å²) in [5.74, 6) is 0.865. The molecule has 0 bridgehead atoms. The maximum Gasteiger partial charge on any atom is 0.461 e. The van der Waals surface area contributed by atoms with E-state index >= 15 is 0 Å². The number of pyridine rings is 1. The van der Waals surface area contributed by atoms with Crippen molar-refractivity contribution in [2.24, 2.45) is 0 Å². The highest BCUT2D eigenvalue weighted by molar-refractivity contribution is 6.47. The van der Waals surface area contributed by atoms with Gasteiger partial charge in [0.05, 0.1) is 11.2 Å². The highest BCUT2D eigenvalue weighted by atomic mass is 16.7. The molecule has 1 saturated heterocycles. The van der Waals surface area contributed by atoms with E-state index < -0.39 is 0 Å². The van der Waals surface area contributed by atoms with Crippen LogP contribution in [0.2, 0.25) is 5.82 Å². The van der Waals surface area contributed by atoms with Gasteiger partial charge in [-0.05, 0) is 46.2 Å². The summed E-state index contributed by atoms with van der Waals surface area (Å²) < 4.78 is 12.6. The van der Waals surface area contributed by atoms with Gasteiger partial charge in [-0.1, -0.05) is 25.3 Å².